The van der Waals surface area contributed by atoms with Crippen molar-refractivity contribution in [2.24, 2.45) is 0 Å². The number of nitrogens with one attached hydrogen (secondary N) is 2. The van der Waals surface area contributed by atoms with Gasteiger partial charge in [0.05, 0.1) is 5.69 Å². The van der Waals surface area contributed by atoms with Crippen molar-refractivity contribution in [1.82, 2.24) is 20.2 Å². The number of methoxy groups -OCH3 is 1. The van der Waals surface area contributed by atoms with Gasteiger partial charge in [-0.05, 0) is 24.1 Å². The van der Waals surface area contributed by atoms with E-state index in [0.717, 1.165) is 22.8 Å². The van der Waals surface area contributed by atoms with Gasteiger partial charge in [0.2, 0.25) is 0 Å². The average molecular weight is 309 g/mol. The lowest BCUT2D eigenvalue weighted by molar-refractivity contribution is 0.177. The maximum atomic E-state index is 5.09. The first-order chi connectivity index (χ1) is 11.2. The molecule has 0 saturated carbocycles. The van der Waals surface area contributed by atoms with E-state index in [-0.39, 0.29) is 0 Å². The van der Waals surface area contributed by atoms with Crippen LogP contribution in [0.4, 0.5) is 5.82 Å². The quantitative estimate of drug-likeness (QED) is 0.732. The SMILES string of the molecule is COCc1nc(C)cc(NCc2ccc(-c3ccn[nH]3)cc2)n1. The van der Waals surface area contributed by atoms with Crippen molar-refractivity contribution in [3.8, 4) is 11.3 Å². The molecule has 2 aromatic heterocycles. The van der Waals surface area contributed by atoms with E-state index >= 15 is 0 Å². The predicted molar refractivity (Wildman–Crippen MR) is 88.8 cm³/mol. The number of H-pyrrole nitrogens is 1. The van der Waals surface area contributed by atoms with Crippen LogP contribution in [0.1, 0.15) is 17.1 Å². The summed E-state index contributed by atoms with van der Waals surface area (Å²) >= 11 is 0. The van der Waals surface area contributed by atoms with E-state index in [2.05, 4.69) is 49.7 Å². The van der Waals surface area contributed by atoms with Crippen molar-refractivity contribution in [2.75, 3.05) is 12.4 Å². The fourth-order valence-electron chi connectivity index (χ4n) is 2.33. The molecule has 0 aliphatic heterocycles. The number of nitrogens with zero attached hydrogens (tertiary/aromatic N) is 3. The summed E-state index contributed by atoms with van der Waals surface area (Å²) in [5.74, 6) is 1.49. The van der Waals surface area contributed by atoms with Gasteiger partial charge in [0.25, 0.3) is 0 Å². The lowest BCUT2D eigenvalue weighted by Crippen LogP contribution is -2.06. The summed E-state index contributed by atoms with van der Waals surface area (Å²) in [6.45, 7) is 3.06. The maximum Gasteiger partial charge on any atom is 0.156 e. The zero-order chi connectivity index (χ0) is 16.1. The Morgan fingerprint density at radius 1 is 1.13 bits per heavy atom. The molecule has 1 aromatic carbocycles. The Hall–Kier alpha value is -2.73. The number of ether oxygens (including phenoxy) is 1. The van der Waals surface area contributed by atoms with Gasteiger partial charge in [-0.15, -0.1) is 0 Å². The van der Waals surface area contributed by atoms with Gasteiger partial charge in [0.15, 0.2) is 5.82 Å². The molecule has 0 spiro atoms. The smallest absolute Gasteiger partial charge is 0.156 e. The molecule has 6 heteroatoms. The summed E-state index contributed by atoms with van der Waals surface area (Å²) in [4.78, 5) is 8.77. The Balaban J connectivity index is 1.66. The highest BCUT2D eigenvalue weighted by molar-refractivity contribution is 5.58. The number of rotatable bonds is 6. The van der Waals surface area contributed by atoms with Crippen molar-refractivity contribution in [3.05, 3.63) is 59.7 Å². The Bertz CT molecular complexity index is 753. The molecule has 0 atom stereocenters. The normalized spacial score (nSPS) is 10.7. The molecule has 2 N–H and O–H groups in total. The largest absolute Gasteiger partial charge is 0.377 e. The number of anilines is 1. The van der Waals surface area contributed by atoms with Gasteiger partial charge in [-0.2, -0.15) is 5.10 Å². The molecule has 0 aliphatic carbocycles. The molecular weight excluding hydrogens is 290 g/mol. The van der Waals surface area contributed by atoms with Crippen LogP contribution in [-0.4, -0.2) is 27.3 Å². The number of benzene rings is 1. The molecule has 0 radical (unpaired) electrons. The van der Waals surface area contributed by atoms with Crippen molar-refractivity contribution in [3.63, 3.8) is 0 Å². The molecule has 23 heavy (non-hydrogen) atoms. The Labute approximate surface area is 135 Å². The van der Waals surface area contributed by atoms with Crippen LogP contribution in [0.25, 0.3) is 11.3 Å². The lowest BCUT2D eigenvalue weighted by Gasteiger charge is -2.09. The third kappa shape index (κ3) is 3.92. The van der Waals surface area contributed by atoms with E-state index < -0.39 is 0 Å². The first-order valence-electron chi connectivity index (χ1n) is 7.40. The van der Waals surface area contributed by atoms with E-state index in [0.29, 0.717) is 19.0 Å². The summed E-state index contributed by atoms with van der Waals surface area (Å²) in [7, 11) is 1.64. The molecule has 0 fully saturated rings. The average Bonchev–Trinajstić information content (AvgIpc) is 3.08. The number of aryl methyl sites for hydroxylation is 1. The van der Waals surface area contributed by atoms with Crippen LogP contribution in [0.3, 0.4) is 0 Å². The van der Waals surface area contributed by atoms with E-state index in [4.69, 9.17) is 4.74 Å². The van der Waals surface area contributed by atoms with Gasteiger partial charge in [0, 0.05) is 31.6 Å². The molecule has 3 rings (SSSR count). The van der Waals surface area contributed by atoms with E-state index in [1.54, 1.807) is 13.3 Å². The summed E-state index contributed by atoms with van der Waals surface area (Å²) < 4.78 is 5.09. The molecule has 2 heterocycles. The highest BCUT2D eigenvalue weighted by Crippen LogP contribution is 2.17. The highest BCUT2D eigenvalue weighted by atomic mass is 16.5. The summed E-state index contributed by atoms with van der Waals surface area (Å²) in [5, 5.41) is 10.3. The Kier molecular flexibility index (Phi) is 4.63. The molecule has 6 nitrogen and oxygen atoms in total. The topological polar surface area (TPSA) is 75.7 Å². The molecule has 0 bridgehead atoms. The molecule has 3 aromatic rings. The minimum atomic E-state index is 0.412. The van der Waals surface area contributed by atoms with Gasteiger partial charge in [-0.1, -0.05) is 24.3 Å². The maximum absolute atomic E-state index is 5.09. The summed E-state index contributed by atoms with van der Waals surface area (Å²) in [6, 6.07) is 12.2. The number of hydrogen-bond donors (Lipinski definition) is 2. The van der Waals surface area contributed by atoms with Crippen molar-refractivity contribution < 1.29 is 4.74 Å². The standard InChI is InChI=1S/C17H19N5O/c1-12-9-16(21-17(20-12)11-23-2)18-10-13-3-5-14(6-4-13)15-7-8-19-22-15/h3-9H,10-11H2,1-2H3,(H,19,22)(H,18,20,21). The van der Waals surface area contributed by atoms with Crippen LogP contribution in [0, 0.1) is 6.92 Å². The molecule has 0 unspecified atom stereocenters. The summed E-state index contributed by atoms with van der Waals surface area (Å²) in [6.07, 6.45) is 1.75. The van der Waals surface area contributed by atoms with Gasteiger partial charge in [-0.3, -0.25) is 5.10 Å². The molecule has 0 amide bonds. The monoisotopic (exact) mass is 309 g/mol. The van der Waals surface area contributed by atoms with Crippen LogP contribution in [-0.2, 0) is 17.9 Å². The van der Waals surface area contributed by atoms with Crippen LogP contribution in [0.5, 0.6) is 0 Å². The molecule has 0 aliphatic rings. The third-order valence-electron chi connectivity index (χ3n) is 3.41. The second-order valence-electron chi connectivity index (χ2n) is 5.26. The van der Waals surface area contributed by atoms with Crippen LogP contribution >= 0.6 is 0 Å². The van der Waals surface area contributed by atoms with E-state index in [9.17, 15) is 0 Å². The second kappa shape index (κ2) is 7.02. The van der Waals surface area contributed by atoms with Crippen molar-refractivity contribution in [2.45, 2.75) is 20.1 Å². The van der Waals surface area contributed by atoms with Crippen LogP contribution in [0.15, 0.2) is 42.6 Å². The first kappa shape index (κ1) is 15.2. The third-order valence-corrected chi connectivity index (χ3v) is 3.41. The van der Waals surface area contributed by atoms with Gasteiger partial charge in [-0.25, -0.2) is 9.97 Å². The number of aromatic nitrogens is 4. The Morgan fingerprint density at radius 3 is 2.65 bits per heavy atom. The lowest BCUT2D eigenvalue weighted by atomic mass is 10.1. The zero-order valence-corrected chi connectivity index (χ0v) is 13.2. The highest BCUT2D eigenvalue weighted by Gasteiger charge is 2.03. The van der Waals surface area contributed by atoms with Crippen molar-refractivity contribution >= 4 is 5.82 Å². The molecule has 0 saturated heterocycles. The second-order valence-corrected chi connectivity index (χ2v) is 5.26. The van der Waals surface area contributed by atoms with Crippen LogP contribution < -0.4 is 5.32 Å². The van der Waals surface area contributed by atoms with Gasteiger partial charge < -0.3 is 10.1 Å². The fourth-order valence-corrected chi connectivity index (χ4v) is 2.33. The zero-order valence-electron chi connectivity index (χ0n) is 13.2. The number of hydrogen-bond acceptors (Lipinski definition) is 5. The summed E-state index contributed by atoms with van der Waals surface area (Å²) in [5.41, 5.74) is 4.23. The van der Waals surface area contributed by atoms with Gasteiger partial charge >= 0.3 is 0 Å². The molecule has 118 valence electrons. The van der Waals surface area contributed by atoms with Crippen LogP contribution in [0.2, 0.25) is 0 Å². The fraction of sp³-hybridized carbons (Fsp3) is 0.235. The van der Waals surface area contributed by atoms with Gasteiger partial charge in [0.1, 0.15) is 12.4 Å². The minimum Gasteiger partial charge on any atom is -0.377 e. The first-order valence-corrected chi connectivity index (χ1v) is 7.40. The number of aromatic amines is 1. The van der Waals surface area contributed by atoms with E-state index in [1.807, 2.05) is 19.1 Å². The van der Waals surface area contributed by atoms with Crippen molar-refractivity contribution in [1.29, 1.82) is 0 Å². The molecular formula is C17H19N5O. The Morgan fingerprint density at radius 2 is 1.96 bits per heavy atom. The predicted octanol–water partition coefficient (Wildman–Crippen LogP) is 2.93. The minimum absolute atomic E-state index is 0.412. The van der Waals surface area contributed by atoms with E-state index in [1.165, 1.54) is 5.56 Å².